The van der Waals surface area contributed by atoms with Gasteiger partial charge in [-0.2, -0.15) is 0 Å². The molecule has 1 N–H and O–H groups in total. The van der Waals surface area contributed by atoms with Gasteiger partial charge in [0.15, 0.2) is 11.5 Å². The third-order valence-electron chi connectivity index (χ3n) is 5.41. The largest absolute Gasteiger partial charge is 0.497 e. The Balaban J connectivity index is 1.43. The van der Waals surface area contributed by atoms with E-state index in [0.29, 0.717) is 30.0 Å². The number of rotatable bonds is 7. The van der Waals surface area contributed by atoms with Crippen LogP contribution in [0.15, 0.2) is 36.4 Å². The van der Waals surface area contributed by atoms with Gasteiger partial charge in [-0.3, -0.25) is 4.90 Å². The van der Waals surface area contributed by atoms with Crippen LogP contribution < -0.4 is 19.5 Å². The fourth-order valence-corrected chi connectivity index (χ4v) is 4.24. The molecule has 0 radical (unpaired) electrons. The Bertz CT molecular complexity index is 791. The van der Waals surface area contributed by atoms with E-state index in [-0.39, 0.29) is 0 Å². The van der Waals surface area contributed by atoms with E-state index in [9.17, 15) is 0 Å². The van der Waals surface area contributed by atoms with Crippen molar-refractivity contribution in [2.75, 3.05) is 40.0 Å². The van der Waals surface area contributed by atoms with Crippen LogP contribution >= 0.6 is 11.6 Å². The number of ether oxygens (including phenoxy) is 3. The van der Waals surface area contributed by atoms with E-state index in [1.807, 2.05) is 24.3 Å². The lowest BCUT2D eigenvalue weighted by Gasteiger charge is -2.28. The molecule has 0 saturated carbocycles. The van der Waals surface area contributed by atoms with Gasteiger partial charge < -0.3 is 19.5 Å². The Morgan fingerprint density at radius 2 is 1.86 bits per heavy atom. The number of nitrogens with one attached hydrogen (secondary N) is 1. The van der Waals surface area contributed by atoms with Gasteiger partial charge in [-0.1, -0.05) is 23.7 Å². The molecule has 2 heterocycles. The van der Waals surface area contributed by atoms with Crippen molar-refractivity contribution in [1.29, 1.82) is 0 Å². The van der Waals surface area contributed by atoms with E-state index in [0.717, 1.165) is 43.2 Å². The quantitative estimate of drug-likeness (QED) is 0.756. The molecule has 0 bridgehead atoms. The molecular weight excluding hydrogens is 376 g/mol. The summed E-state index contributed by atoms with van der Waals surface area (Å²) in [6.07, 6.45) is 2.54. The maximum absolute atomic E-state index is 6.36. The Labute approximate surface area is 171 Å². The lowest BCUT2D eigenvalue weighted by molar-refractivity contribution is 0.171. The molecule has 4 rings (SSSR count). The summed E-state index contributed by atoms with van der Waals surface area (Å²) in [7, 11) is 1.70. The topological polar surface area (TPSA) is 43.0 Å². The van der Waals surface area contributed by atoms with Gasteiger partial charge in [0.05, 0.1) is 12.1 Å². The molecule has 2 aliphatic heterocycles. The summed E-state index contributed by atoms with van der Waals surface area (Å²) in [5.41, 5.74) is 2.42. The molecular formula is C22H27ClN2O3. The van der Waals surface area contributed by atoms with Gasteiger partial charge in [0.1, 0.15) is 19.0 Å². The second kappa shape index (κ2) is 9.03. The number of hydrogen-bond acceptors (Lipinski definition) is 5. The molecule has 1 fully saturated rings. The van der Waals surface area contributed by atoms with Crippen molar-refractivity contribution in [3.05, 3.63) is 52.5 Å². The standard InChI is InChI=1S/C22H27ClN2O3/c1-26-18-6-4-17(5-7-18)20(25-8-2-3-9-25)15-24-14-16-12-19(23)22-21(13-16)27-10-11-28-22/h4-7,12-13,20,24H,2-3,8-11,14-15H2,1H3. The summed E-state index contributed by atoms with van der Waals surface area (Å²) < 4.78 is 16.6. The maximum atomic E-state index is 6.36. The molecule has 6 heteroatoms. The number of hydrogen-bond donors (Lipinski definition) is 1. The van der Waals surface area contributed by atoms with Crippen LogP contribution in [0.25, 0.3) is 0 Å². The Hall–Kier alpha value is -1.95. The molecule has 1 saturated heterocycles. The van der Waals surface area contributed by atoms with Crippen LogP contribution in [0, 0.1) is 0 Å². The van der Waals surface area contributed by atoms with Crippen LogP contribution in [0.5, 0.6) is 17.2 Å². The predicted octanol–water partition coefficient (Wildman–Crippen LogP) is 4.05. The summed E-state index contributed by atoms with van der Waals surface area (Å²) in [6.45, 7) is 5.01. The zero-order valence-corrected chi connectivity index (χ0v) is 17.0. The molecule has 28 heavy (non-hydrogen) atoms. The van der Waals surface area contributed by atoms with Gasteiger partial charge in [0.2, 0.25) is 0 Å². The molecule has 2 aliphatic rings. The molecule has 0 spiro atoms. The van der Waals surface area contributed by atoms with E-state index in [2.05, 4.69) is 22.3 Å². The van der Waals surface area contributed by atoms with Crippen molar-refractivity contribution < 1.29 is 14.2 Å². The zero-order valence-electron chi connectivity index (χ0n) is 16.2. The Kier molecular flexibility index (Phi) is 6.25. The minimum absolute atomic E-state index is 0.348. The van der Waals surface area contributed by atoms with Crippen LogP contribution in [0.2, 0.25) is 5.02 Å². The molecule has 2 aromatic carbocycles. The number of halogens is 1. The average Bonchev–Trinajstić information content (AvgIpc) is 3.26. The fourth-order valence-electron chi connectivity index (χ4n) is 3.96. The van der Waals surface area contributed by atoms with E-state index >= 15 is 0 Å². The first-order valence-corrected chi connectivity index (χ1v) is 10.3. The zero-order chi connectivity index (χ0) is 19.3. The third-order valence-corrected chi connectivity index (χ3v) is 5.69. The van der Waals surface area contributed by atoms with Crippen LogP contribution in [-0.4, -0.2) is 44.9 Å². The highest BCUT2D eigenvalue weighted by atomic mass is 35.5. The van der Waals surface area contributed by atoms with Gasteiger partial charge in [-0.15, -0.1) is 0 Å². The highest BCUT2D eigenvalue weighted by Crippen LogP contribution is 2.38. The van der Waals surface area contributed by atoms with Crippen molar-refractivity contribution in [3.63, 3.8) is 0 Å². The van der Waals surface area contributed by atoms with E-state index in [1.165, 1.54) is 18.4 Å². The van der Waals surface area contributed by atoms with Gasteiger partial charge in [0.25, 0.3) is 0 Å². The second-order valence-corrected chi connectivity index (χ2v) is 7.67. The summed E-state index contributed by atoms with van der Waals surface area (Å²) in [5.74, 6) is 2.29. The molecule has 1 atom stereocenters. The highest BCUT2D eigenvalue weighted by molar-refractivity contribution is 6.32. The van der Waals surface area contributed by atoms with E-state index in [4.69, 9.17) is 25.8 Å². The van der Waals surface area contributed by atoms with Crippen molar-refractivity contribution >= 4 is 11.6 Å². The smallest absolute Gasteiger partial charge is 0.179 e. The number of nitrogens with zero attached hydrogens (tertiary/aromatic N) is 1. The Morgan fingerprint density at radius 1 is 1.11 bits per heavy atom. The number of benzene rings is 2. The summed E-state index contributed by atoms with van der Waals surface area (Å²) in [6, 6.07) is 12.7. The monoisotopic (exact) mass is 402 g/mol. The molecule has 1 unspecified atom stereocenters. The predicted molar refractivity (Wildman–Crippen MR) is 111 cm³/mol. The van der Waals surface area contributed by atoms with E-state index in [1.54, 1.807) is 7.11 Å². The van der Waals surface area contributed by atoms with Gasteiger partial charge in [-0.05, 0) is 61.3 Å². The number of methoxy groups -OCH3 is 1. The van der Waals surface area contributed by atoms with Crippen LogP contribution in [0.4, 0.5) is 0 Å². The first kappa shape index (κ1) is 19.4. The summed E-state index contributed by atoms with van der Waals surface area (Å²) in [5, 5.41) is 4.22. The van der Waals surface area contributed by atoms with Crippen LogP contribution in [0.1, 0.15) is 30.0 Å². The minimum Gasteiger partial charge on any atom is -0.497 e. The lowest BCUT2D eigenvalue weighted by Crippen LogP contribution is -2.34. The average molecular weight is 403 g/mol. The molecule has 0 aromatic heterocycles. The first-order chi connectivity index (χ1) is 13.7. The fraction of sp³-hybridized carbons (Fsp3) is 0.455. The van der Waals surface area contributed by atoms with Gasteiger partial charge in [-0.25, -0.2) is 0 Å². The van der Waals surface area contributed by atoms with Gasteiger partial charge >= 0.3 is 0 Å². The molecule has 0 amide bonds. The maximum Gasteiger partial charge on any atom is 0.179 e. The molecule has 5 nitrogen and oxygen atoms in total. The Morgan fingerprint density at radius 3 is 2.61 bits per heavy atom. The molecule has 0 aliphatic carbocycles. The number of likely N-dealkylation sites (tertiary alicyclic amines) is 1. The van der Waals surface area contributed by atoms with Crippen LogP contribution in [0.3, 0.4) is 0 Å². The summed E-state index contributed by atoms with van der Waals surface area (Å²) >= 11 is 6.36. The summed E-state index contributed by atoms with van der Waals surface area (Å²) in [4.78, 5) is 2.56. The molecule has 150 valence electrons. The van der Waals surface area contributed by atoms with E-state index < -0.39 is 0 Å². The van der Waals surface area contributed by atoms with Crippen molar-refractivity contribution in [3.8, 4) is 17.2 Å². The van der Waals surface area contributed by atoms with Crippen molar-refractivity contribution in [2.45, 2.75) is 25.4 Å². The molecule has 2 aromatic rings. The third kappa shape index (κ3) is 4.37. The number of fused-ring (bicyclic) bond motifs is 1. The highest BCUT2D eigenvalue weighted by Gasteiger charge is 2.23. The van der Waals surface area contributed by atoms with Crippen LogP contribution in [-0.2, 0) is 6.54 Å². The SMILES string of the molecule is COc1ccc(C(CNCc2cc(Cl)c3c(c2)OCCO3)N2CCCC2)cc1. The van der Waals surface area contributed by atoms with Crippen molar-refractivity contribution in [1.82, 2.24) is 10.2 Å². The second-order valence-electron chi connectivity index (χ2n) is 7.26. The van der Waals surface area contributed by atoms with Crippen molar-refractivity contribution in [2.24, 2.45) is 0 Å². The minimum atomic E-state index is 0.348. The normalized spacial score (nSPS) is 17.5. The lowest BCUT2D eigenvalue weighted by atomic mass is 10.0. The first-order valence-electron chi connectivity index (χ1n) is 9.91. The van der Waals surface area contributed by atoms with Gasteiger partial charge in [0, 0.05) is 19.1 Å².